The first-order chi connectivity index (χ1) is 10.4. The van der Waals surface area contributed by atoms with E-state index < -0.39 is 0 Å². The average Bonchev–Trinajstić information content (AvgIpc) is 2.49. The van der Waals surface area contributed by atoms with Crippen LogP contribution in [0.1, 0.15) is 60.3 Å². The lowest BCUT2D eigenvalue weighted by molar-refractivity contribution is 0.0826. The Balaban J connectivity index is 2.50. The smallest absolute Gasteiger partial charge is 0.115 e. The number of hydrogen-bond donors (Lipinski definition) is 0. The normalized spacial score (nSPS) is 23.5. The van der Waals surface area contributed by atoms with Gasteiger partial charge in [-0.05, 0) is 78.4 Å². The zero-order valence-corrected chi connectivity index (χ0v) is 14.7. The molecule has 0 atom stereocenters. The number of nitrogens with zero attached hydrogens (tertiary/aromatic N) is 2. The predicted octanol–water partition coefficient (Wildman–Crippen LogP) is 5.45. The molecule has 0 aliphatic heterocycles. The second-order valence-electron chi connectivity index (χ2n) is 6.25. The Morgan fingerprint density at radius 2 is 1.64 bits per heavy atom. The van der Waals surface area contributed by atoms with Gasteiger partial charge >= 0.3 is 0 Å². The van der Waals surface area contributed by atoms with E-state index in [0.717, 1.165) is 48.4 Å². The van der Waals surface area contributed by atoms with Gasteiger partial charge in [-0.1, -0.05) is 18.2 Å². The highest BCUT2D eigenvalue weighted by Gasteiger charge is 2.24. The number of allylic oxidation sites excluding steroid dienone is 4. The Bertz CT molecular complexity index is 486. The topological polar surface area (TPSA) is 34.0 Å². The van der Waals surface area contributed by atoms with Crippen LogP contribution in [0.25, 0.3) is 0 Å². The molecule has 0 spiro atoms. The summed E-state index contributed by atoms with van der Waals surface area (Å²) in [4.78, 5) is 0. The van der Waals surface area contributed by atoms with Crippen molar-refractivity contribution < 1.29 is 4.74 Å². The maximum absolute atomic E-state index is 6.08. The lowest BCUT2D eigenvalue weighted by Crippen LogP contribution is -2.24. The third-order valence-electron chi connectivity index (χ3n) is 3.79. The number of hydrogen-bond acceptors (Lipinski definition) is 3. The van der Waals surface area contributed by atoms with Crippen molar-refractivity contribution in [1.29, 1.82) is 0 Å². The van der Waals surface area contributed by atoms with Crippen LogP contribution in [-0.2, 0) is 4.74 Å². The molecule has 1 aliphatic rings. The summed E-state index contributed by atoms with van der Waals surface area (Å²) in [6, 6.07) is 0. The number of ether oxygens (including phenoxy) is 1. The molecule has 1 aliphatic carbocycles. The fourth-order valence-corrected chi connectivity index (χ4v) is 2.48. The van der Waals surface area contributed by atoms with E-state index in [4.69, 9.17) is 4.74 Å². The minimum absolute atomic E-state index is 0.307. The molecule has 22 heavy (non-hydrogen) atoms. The van der Waals surface area contributed by atoms with Gasteiger partial charge in [0.15, 0.2) is 0 Å². The third kappa shape index (κ3) is 6.88. The Morgan fingerprint density at radius 3 is 2.14 bits per heavy atom. The van der Waals surface area contributed by atoms with Gasteiger partial charge in [0.2, 0.25) is 0 Å². The van der Waals surface area contributed by atoms with E-state index in [1.54, 1.807) is 0 Å². The molecule has 0 amide bonds. The van der Waals surface area contributed by atoms with Gasteiger partial charge in [-0.15, -0.1) is 0 Å². The van der Waals surface area contributed by atoms with Gasteiger partial charge in [-0.3, -0.25) is 0 Å². The first-order valence-electron chi connectivity index (χ1n) is 8.14. The summed E-state index contributed by atoms with van der Waals surface area (Å²) < 4.78 is 6.08. The maximum Gasteiger partial charge on any atom is 0.115 e. The van der Waals surface area contributed by atoms with Gasteiger partial charge in [0, 0.05) is 11.4 Å². The molecule has 0 aromatic heterocycles. The van der Waals surface area contributed by atoms with Crippen LogP contribution in [0.4, 0.5) is 0 Å². The Hall–Kier alpha value is -1.64. The van der Waals surface area contributed by atoms with Crippen LogP contribution in [0, 0.1) is 5.92 Å². The molecule has 0 bridgehead atoms. The van der Waals surface area contributed by atoms with Crippen LogP contribution in [-0.4, -0.2) is 17.5 Å². The van der Waals surface area contributed by atoms with Crippen molar-refractivity contribution in [3.8, 4) is 0 Å². The zero-order chi connectivity index (χ0) is 16.5. The molecule has 1 fully saturated rings. The molecule has 1 rings (SSSR count). The quantitative estimate of drug-likeness (QED) is 0.278. The fraction of sp³-hybridized carbons (Fsp3) is 0.579. The van der Waals surface area contributed by atoms with Crippen molar-refractivity contribution in [3.63, 3.8) is 0 Å². The molecule has 0 aromatic rings. The lowest BCUT2D eigenvalue weighted by Gasteiger charge is -2.29. The molecule has 0 N–H and O–H groups in total. The van der Waals surface area contributed by atoms with Crippen LogP contribution in [0.5, 0.6) is 0 Å². The van der Waals surface area contributed by atoms with Crippen LogP contribution in [0.3, 0.4) is 0 Å². The van der Waals surface area contributed by atoms with E-state index in [0.29, 0.717) is 12.0 Å². The maximum atomic E-state index is 6.08. The highest BCUT2D eigenvalue weighted by atomic mass is 16.5. The molecule has 3 nitrogen and oxygen atoms in total. The predicted molar refractivity (Wildman–Crippen MR) is 96.4 cm³/mol. The summed E-state index contributed by atoms with van der Waals surface area (Å²) in [7, 11) is 0. The highest BCUT2D eigenvalue weighted by Crippen LogP contribution is 2.29. The zero-order valence-electron chi connectivity index (χ0n) is 14.7. The Kier molecular flexibility index (Phi) is 7.86. The van der Waals surface area contributed by atoms with Crippen molar-refractivity contribution in [2.45, 2.75) is 66.4 Å². The van der Waals surface area contributed by atoms with Gasteiger partial charge < -0.3 is 4.74 Å². The van der Waals surface area contributed by atoms with Crippen molar-refractivity contribution in [2.24, 2.45) is 16.1 Å². The Morgan fingerprint density at radius 1 is 1.00 bits per heavy atom. The third-order valence-corrected chi connectivity index (χ3v) is 3.79. The standard InChI is InChI=1S/C19H30N2O/c1-7-18(11-8-14(2)3)22-19-12-9-17(10-13-19)16(6)21-20-15(4)5/h7-8,11,17,19H,2,9-10,12-13H2,1,3-6H3/b11-8-,18-7?,21-16+. The molecule has 1 saturated carbocycles. The van der Waals surface area contributed by atoms with Crippen molar-refractivity contribution >= 4 is 11.4 Å². The molecule has 0 heterocycles. The van der Waals surface area contributed by atoms with Crippen molar-refractivity contribution in [1.82, 2.24) is 0 Å². The fourth-order valence-electron chi connectivity index (χ4n) is 2.48. The molecule has 0 radical (unpaired) electrons. The highest BCUT2D eigenvalue weighted by molar-refractivity contribution is 5.86. The van der Waals surface area contributed by atoms with Crippen LogP contribution in [0.15, 0.2) is 46.3 Å². The second-order valence-corrected chi connectivity index (χ2v) is 6.25. The van der Waals surface area contributed by atoms with E-state index in [-0.39, 0.29) is 0 Å². The monoisotopic (exact) mass is 302 g/mol. The molecule has 122 valence electrons. The second kappa shape index (κ2) is 9.39. The lowest BCUT2D eigenvalue weighted by atomic mass is 9.84. The van der Waals surface area contributed by atoms with E-state index in [2.05, 4.69) is 23.7 Å². The summed E-state index contributed by atoms with van der Waals surface area (Å²) in [5.41, 5.74) is 3.18. The number of rotatable bonds is 6. The molecular formula is C19H30N2O. The van der Waals surface area contributed by atoms with E-state index in [9.17, 15) is 0 Å². The minimum atomic E-state index is 0.307. The van der Waals surface area contributed by atoms with Crippen molar-refractivity contribution in [3.05, 3.63) is 36.1 Å². The summed E-state index contributed by atoms with van der Waals surface area (Å²) in [6.07, 6.45) is 10.7. The molecular weight excluding hydrogens is 272 g/mol. The van der Waals surface area contributed by atoms with Gasteiger partial charge in [0.1, 0.15) is 5.76 Å². The first-order valence-corrected chi connectivity index (χ1v) is 8.14. The van der Waals surface area contributed by atoms with E-state index in [1.165, 1.54) is 0 Å². The molecule has 0 unspecified atom stereocenters. The molecule has 3 heteroatoms. The van der Waals surface area contributed by atoms with Crippen LogP contribution < -0.4 is 0 Å². The summed E-state index contributed by atoms with van der Waals surface area (Å²) in [5.74, 6) is 1.48. The van der Waals surface area contributed by atoms with E-state index >= 15 is 0 Å². The SMILES string of the molecule is C=C(C)/C=C\C(=CC)OC1CCC(/C(C)=N/N=C(C)C)CC1. The van der Waals surface area contributed by atoms with Gasteiger partial charge in [0.05, 0.1) is 6.10 Å². The van der Waals surface area contributed by atoms with Crippen LogP contribution in [0.2, 0.25) is 0 Å². The summed E-state index contributed by atoms with van der Waals surface area (Å²) in [6.45, 7) is 13.9. The van der Waals surface area contributed by atoms with Crippen LogP contribution >= 0.6 is 0 Å². The summed E-state index contributed by atoms with van der Waals surface area (Å²) in [5, 5.41) is 8.50. The van der Waals surface area contributed by atoms with Crippen molar-refractivity contribution in [2.75, 3.05) is 0 Å². The largest absolute Gasteiger partial charge is 0.491 e. The van der Waals surface area contributed by atoms with Gasteiger partial charge in [-0.25, -0.2) is 0 Å². The van der Waals surface area contributed by atoms with Gasteiger partial charge in [-0.2, -0.15) is 10.2 Å². The molecule has 0 saturated heterocycles. The minimum Gasteiger partial charge on any atom is -0.491 e. The van der Waals surface area contributed by atoms with Gasteiger partial charge in [0.25, 0.3) is 0 Å². The van der Waals surface area contributed by atoms with E-state index in [1.807, 2.05) is 45.9 Å². The molecule has 0 aromatic carbocycles. The first kappa shape index (κ1) is 18.4. The summed E-state index contributed by atoms with van der Waals surface area (Å²) >= 11 is 0. The Labute approximate surface area is 135 Å². The average molecular weight is 302 g/mol.